The number of pyridine rings is 2. The fourth-order valence-corrected chi connectivity index (χ4v) is 7.72. The number of carbonyl (C=O) groups is 1. The minimum absolute atomic E-state index is 0.00843. The van der Waals surface area contributed by atoms with Crippen molar-refractivity contribution in [1.82, 2.24) is 29.0 Å². The van der Waals surface area contributed by atoms with E-state index in [1.54, 1.807) is 7.11 Å². The van der Waals surface area contributed by atoms with E-state index in [1.807, 2.05) is 36.3 Å². The molecule has 9 heteroatoms. The van der Waals surface area contributed by atoms with Crippen molar-refractivity contribution in [3.05, 3.63) is 72.4 Å². The van der Waals surface area contributed by atoms with E-state index < -0.39 is 0 Å². The van der Waals surface area contributed by atoms with Crippen LogP contribution < -0.4 is 10.5 Å². The molecule has 1 saturated heterocycles. The molecule has 1 aliphatic heterocycles. The van der Waals surface area contributed by atoms with Gasteiger partial charge in [-0.05, 0) is 86.1 Å². The lowest BCUT2D eigenvalue weighted by molar-refractivity contribution is 0.0700. The van der Waals surface area contributed by atoms with Crippen molar-refractivity contribution in [1.29, 1.82) is 0 Å². The number of aryl methyl sites for hydroxylation is 1. The Morgan fingerprint density at radius 1 is 0.978 bits per heavy atom. The highest BCUT2D eigenvalue weighted by Crippen LogP contribution is 2.40. The Bertz CT molecular complexity index is 2160. The first-order valence-electron chi connectivity index (χ1n) is 15.9. The van der Waals surface area contributed by atoms with Gasteiger partial charge in [0.15, 0.2) is 5.82 Å². The Kier molecular flexibility index (Phi) is 5.84. The first-order valence-corrected chi connectivity index (χ1v) is 15.9. The molecule has 3 aliphatic rings. The number of nitrogens with zero attached hydrogens (tertiary/aromatic N) is 6. The third-order valence-electron chi connectivity index (χ3n) is 10.3. The lowest BCUT2D eigenvalue weighted by atomic mass is 10.1. The summed E-state index contributed by atoms with van der Waals surface area (Å²) in [5, 5.41) is 2.17. The van der Waals surface area contributed by atoms with Crippen molar-refractivity contribution in [2.45, 2.75) is 44.3 Å². The van der Waals surface area contributed by atoms with Gasteiger partial charge < -0.3 is 24.5 Å². The number of fused-ring (bicyclic) bond motifs is 5. The van der Waals surface area contributed by atoms with E-state index in [0.29, 0.717) is 23.1 Å². The highest BCUT2D eigenvalue weighted by molar-refractivity contribution is 6.00. The average Bonchev–Trinajstić information content (AvgIpc) is 3.47. The lowest BCUT2D eigenvalue weighted by Gasteiger charge is -2.27. The molecule has 226 valence electrons. The quantitative estimate of drug-likeness (QED) is 0.261. The molecule has 0 spiro atoms. The Balaban J connectivity index is 1.15. The molecule has 2 aliphatic carbocycles. The summed E-state index contributed by atoms with van der Waals surface area (Å²) in [5.41, 5.74) is 13.6. The van der Waals surface area contributed by atoms with E-state index in [9.17, 15) is 4.79 Å². The molecule has 2 N–H and O–H groups in total. The molecule has 3 fully saturated rings. The normalized spacial score (nSPS) is 21.0. The van der Waals surface area contributed by atoms with Gasteiger partial charge in [0.25, 0.3) is 5.91 Å². The molecule has 9 nitrogen and oxygen atoms in total. The van der Waals surface area contributed by atoms with Crippen molar-refractivity contribution in [3.63, 3.8) is 0 Å². The second kappa shape index (κ2) is 9.87. The monoisotopic (exact) mass is 597 g/mol. The number of carbonyl (C=O) groups excluding carboxylic acids is 1. The van der Waals surface area contributed by atoms with Crippen molar-refractivity contribution < 1.29 is 9.53 Å². The Hall–Kier alpha value is -4.76. The third-order valence-corrected chi connectivity index (χ3v) is 10.3. The number of benzene rings is 2. The zero-order chi connectivity index (χ0) is 30.4. The van der Waals surface area contributed by atoms with Crippen LogP contribution in [0.25, 0.3) is 55.7 Å². The van der Waals surface area contributed by atoms with Crippen molar-refractivity contribution in [3.8, 4) is 28.5 Å². The average molecular weight is 598 g/mol. The molecule has 6 aromatic rings. The molecule has 45 heavy (non-hydrogen) atoms. The van der Waals surface area contributed by atoms with Crippen molar-refractivity contribution >= 4 is 38.9 Å². The van der Waals surface area contributed by atoms with Gasteiger partial charge in [-0.1, -0.05) is 12.1 Å². The number of rotatable bonds is 6. The van der Waals surface area contributed by atoms with Gasteiger partial charge in [-0.15, -0.1) is 0 Å². The van der Waals surface area contributed by atoms with E-state index in [1.165, 1.54) is 12.8 Å². The van der Waals surface area contributed by atoms with Gasteiger partial charge in [-0.2, -0.15) is 0 Å². The number of aromatic nitrogens is 5. The number of methoxy groups -OCH3 is 1. The van der Waals surface area contributed by atoms with Gasteiger partial charge >= 0.3 is 0 Å². The van der Waals surface area contributed by atoms with Crippen LogP contribution in [-0.4, -0.2) is 60.6 Å². The summed E-state index contributed by atoms with van der Waals surface area (Å²) in [4.78, 5) is 30.6. The summed E-state index contributed by atoms with van der Waals surface area (Å²) in [6, 6.07) is 20.8. The Morgan fingerprint density at radius 2 is 1.87 bits per heavy atom. The maximum atomic E-state index is 13.7. The van der Waals surface area contributed by atoms with E-state index in [0.717, 1.165) is 81.7 Å². The van der Waals surface area contributed by atoms with Gasteiger partial charge in [-0.25, -0.2) is 9.97 Å². The van der Waals surface area contributed by atoms with E-state index in [2.05, 4.69) is 56.6 Å². The summed E-state index contributed by atoms with van der Waals surface area (Å²) in [6.45, 7) is 1.61. The fraction of sp³-hybridized carbons (Fsp3) is 0.333. The van der Waals surface area contributed by atoms with Crippen LogP contribution >= 0.6 is 0 Å². The number of amides is 1. The van der Waals surface area contributed by atoms with Crippen LogP contribution in [0.3, 0.4) is 0 Å². The van der Waals surface area contributed by atoms with Gasteiger partial charge in [0, 0.05) is 60.3 Å². The maximum Gasteiger partial charge on any atom is 0.254 e. The van der Waals surface area contributed by atoms with Gasteiger partial charge in [0.1, 0.15) is 16.9 Å². The van der Waals surface area contributed by atoms with Crippen molar-refractivity contribution in [2.24, 2.45) is 24.6 Å². The molecule has 5 heterocycles. The van der Waals surface area contributed by atoms with E-state index >= 15 is 0 Å². The molecule has 0 radical (unpaired) electrons. The predicted octanol–water partition coefficient (Wildman–Crippen LogP) is 5.79. The number of imidazole rings is 1. The second-order valence-electron chi connectivity index (χ2n) is 13.1. The number of likely N-dealkylation sites (tertiary alicyclic amines) is 1. The van der Waals surface area contributed by atoms with Crippen LogP contribution in [-0.2, 0) is 13.6 Å². The standard InChI is InChI=1S/C36H35N7O2/c1-41-33-28(15-25(17-31(33)45-2)36(44)43-19-24-9-12-29(43)32(24)37)40-35(41)30-16-23-8-11-27(39-34(23)42(30)18-20-5-6-20)22-7-10-26-21(14-22)4-3-13-38-26/h3-4,7-8,10-11,13-17,20,24,29,32H,5-6,9,12,18-19,37H2,1-2H3/t24-,29-,32-/m1/s1. The van der Waals surface area contributed by atoms with Crippen LogP contribution in [0.2, 0.25) is 0 Å². The SMILES string of the molecule is COc1cc(C(=O)N2C[C@H]3CC[C@@H]2[C@@H]3N)cc2nc(-c3cc4ccc(-c5ccc6ncccc6c5)nc4n3CC3CC3)n(C)c12. The van der Waals surface area contributed by atoms with Crippen LogP contribution in [0, 0.1) is 11.8 Å². The highest BCUT2D eigenvalue weighted by Gasteiger charge is 2.47. The zero-order valence-corrected chi connectivity index (χ0v) is 25.5. The Morgan fingerprint density at radius 3 is 2.64 bits per heavy atom. The summed E-state index contributed by atoms with van der Waals surface area (Å²) in [6.07, 6.45) is 6.35. The molecule has 0 unspecified atom stereocenters. The lowest BCUT2D eigenvalue weighted by Crippen LogP contribution is -2.41. The van der Waals surface area contributed by atoms with Gasteiger partial charge in [-0.3, -0.25) is 9.78 Å². The van der Waals surface area contributed by atoms with Gasteiger partial charge in [0.05, 0.1) is 29.5 Å². The first-order chi connectivity index (χ1) is 22.0. The highest BCUT2D eigenvalue weighted by atomic mass is 16.5. The van der Waals surface area contributed by atoms with Crippen LogP contribution in [0.5, 0.6) is 5.75 Å². The number of hydrogen-bond donors (Lipinski definition) is 1. The summed E-state index contributed by atoms with van der Waals surface area (Å²) >= 11 is 0. The van der Waals surface area contributed by atoms with E-state index in [-0.39, 0.29) is 18.0 Å². The maximum absolute atomic E-state index is 13.7. The molecular weight excluding hydrogens is 562 g/mol. The zero-order valence-electron chi connectivity index (χ0n) is 25.5. The molecule has 2 saturated carbocycles. The second-order valence-corrected chi connectivity index (χ2v) is 13.1. The molecule has 2 bridgehead atoms. The molecule has 9 rings (SSSR count). The smallest absolute Gasteiger partial charge is 0.254 e. The summed E-state index contributed by atoms with van der Waals surface area (Å²) in [5.74, 6) is 2.50. The van der Waals surface area contributed by atoms with E-state index in [4.69, 9.17) is 20.4 Å². The van der Waals surface area contributed by atoms with Gasteiger partial charge in [0.2, 0.25) is 0 Å². The summed E-state index contributed by atoms with van der Waals surface area (Å²) in [7, 11) is 3.68. The topological polar surface area (TPSA) is 104 Å². The molecular formula is C36H35N7O2. The number of nitrogens with two attached hydrogens (primary N) is 1. The first kappa shape index (κ1) is 26.6. The minimum atomic E-state index is 0.00843. The summed E-state index contributed by atoms with van der Waals surface area (Å²) < 4.78 is 10.3. The molecule has 4 aromatic heterocycles. The molecule has 2 aromatic carbocycles. The predicted molar refractivity (Wildman–Crippen MR) is 175 cm³/mol. The minimum Gasteiger partial charge on any atom is -0.494 e. The largest absolute Gasteiger partial charge is 0.494 e. The fourth-order valence-electron chi connectivity index (χ4n) is 7.72. The molecule has 3 atom stereocenters. The third kappa shape index (κ3) is 4.17. The molecule has 1 amide bonds. The van der Waals surface area contributed by atoms with Crippen LogP contribution in [0.4, 0.5) is 0 Å². The van der Waals surface area contributed by atoms with Crippen LogP contribution in [0.1, 0.15) is 36.0 Å². The van der Waals surface area contributed by atoms with Crippen molar-refractivity contribution in [2.75, 3.05) is 13.7 Å². The number of hydrogen-bond acceptors (Lipinski definition) is 6. The number of piperidine rings is 1. The Labute approximate surface area is 260 Å². The number of ether oxygens (including phenoxy) is 1. The van der Waals surface area contributed by atoms with Crippen LogP contribution in [0.15, 0.2) is 66.9 Å².